The fourth-order valence-electron chi connectivity index (χ4n) is 3.92. The maximum absolute atomic E-state index is 13.5. The fraction of sp³-hybridized carbons (Fsp3) is 0.364. The number of aryl methyl sites for hydroxylation is 1. The highest BCUT2D eigenvalue weighted by Crippen LogP contribution is 2.27. The van der Waals surface area contributed by atoms with Crippen LogP contribution in [-0.2, 0) is 6.42 Å². The Morgan fingerprint density at radius 2 is 1.86 bits per heavy atom. The Morgan fingerprint density at radius 1 is 1.14 bits per heavy atom. The predicted molar refractivity (Wildman–Crippen MR) is 110 cm³/mol. The molecule has 0 radical (unpaired) electrons. The zero-order valence-corrected chi connectivity index (χ0v) is 16.3. The molecule has 1 aliphatic rings. The van der Waals surface area contributed by atoms with Gasteiger partial charge in [-0.1, -0.05) is 30.3 Å². The van der Waals surface area contributed by atoms with Crippen molar-refractivity contribution >= 4 is 10.9 Å². The van der Waals surface area contributed by atoms with Gasteiger partial charge < -0.3 is 5.73 Å². The maximum Gasteiger partial charge on any atom is 0.272 e. The summed E-state index contributed by atoms with van der Waals surface area (Å²) in [7, 11) is 0. The minimum Gasteiger partial charge on any atom is -0.322 e. The lowest BCUT2D eigenvalue weighted by atomic mass is 10.0. The van der Waals surface area contributed by atoms with E-state index in [4.69, 9.17) is 10.7 Å². The summed E-state index contributed by atoms with van der Waals surface area (Å²) in [5.41, 5.74) is 8.18. The molecule has 152 valence electrons. The molecule has 0 amide bonds. The molecule has 29 heavy (non-hydrogen) atoms. The van der Waals surface area contributed by atoms with Gasteiger partial charge in [-0.25, -0.2) is 13.8 Å². The molecule has 1 atom stereocenters. The smallest absolute Gasteiger partial charge is 0.272 e. The van der Waals surface area contributed by atoms with Crippen LogP contribution in [0.2, 0.25) is 0 Å². The van der Waals surface area contributed by atoms with Crippen molar-refractivity contribution in [3.05, 3.63) is 70.3 Å². The normalized spacial score (nSPS) is 17.2. The molecule has 1 saturated heterocycles. The Balaban J connectivity index is 1.70. The first-order chi connectivity index (χ1) is 13.9. The predicted octanol–water partition coefficient (Wildman–Crippen LogP) is 3.29. The van der Waals surface area contributed by atoms with Gasteiger partial charge in [-0.3, -0.25) is 14.3 Å². The zero-order chi connectivity index (χ0) is 20.6. The quantitative estimate of drug-likeness (QED) is 0.692. The molecule has 0 bridgehead atoms. The van der Waals surface area contributed by atoms with E-state index in [1.165, 1.54) is 0 Å². The average Bonchev–Trinajstić information content (AvgIpc) is 2.67. The largest absolute Gasteiger partial charge is 0.322 e. The third kappa shape index (κ3) is 3.93. The number of benzene rings is 2. The van der Waals surface area contributed by atoms with E-state index < -0.39 is 12.0 Å². The Bertz CT molecular complexity index is 1070. The van der Waals surface area contributed by atoms with Crippen LogP contribution in [0.3, 0.4) is 0 Å². The van der Waals surface area contributed by atoms with Gasteiger partial charge in [-0.05, 0) is 50.1 Å². The number of nitrogens with two attached hydrogens (primary N) is 1. The number of para-hydroxylation sites is 1. The molecule has 1 aliphatic heterocycles. The number of alkyl halides is 2. The van der Waals surface area contributed by atoms with E-state index in [0.717, 1.165) is 11.3 Å². The van der Waals surface area contributed by atoms with Gasteiger partial charge in [0.05, 0.1) is 35.7 Å². The number of nitrogens with zero attached hydrogens (tertiary/aromatic N) is 3. The van der Waals surface area contributed by atoms with Crippen LogP contribution in [0.4, 0.5) is 8.78 Å². The third-order valence-electron chi connectivity index (χ3n) is 5.26. The molecule has 3 aromatic rings. The summed E-state index contributed by atoms with van der Waals surface area (Å²) in [5, 5.41) is 0.565. The van der Waals surface area contributed by atoms with Gasteiger partial charge in [0.25, 0.3) is 11.5 Å². The molecular formula is C22H24F2N4O. The fourth-order valence-corrected chi connectivity index (χ4v) is 3.92. The number of likely N-dealkylation sites (tertiary alicyclic amines) is 1. The van der Waals surface area contributed by atoms with E-state index >= 15 is 0 Å². The maximum atomic E-state index is 13.5. The van der Waals surface area contributed by atoms with Crippen molar-refractivity contribution in [1.82, 2.24) is 14.5 Å². The number of aromatic nitrogens is 2. The Hall–Kier alpha value is -2.64. The molecule has 5 nitrogen and oxygen atoms in total. The van der Waals surface area contributed by atoms with Crippen molar-refractivity contribution in [2.45, 2.75) is 31.7 Å². The van der Waals surface area contributed by atoms with Gasteiger partial charge in [-0.2, -0.15) is 0 Å². The van der Waals surface area contributed by atoms with Crippen LogP contribution < -0.4 is 11.3 Å². The molecule has 2 N–H and O–H groups in total. The number of hydrogen-bond donors (Lipinski definition) is 1. The third-order valence-corrected chi connectivity index (χ3v) is 5.26. The van der Waals surface area contributed by atoms with Crippen LogP contribution in [0.15, 0.2) is 53.3 Å². The van der Waals surface area contributed by atoms with E-state index in [1.807, 2.05) is 48.5 Å². The van der Waals surface area contributed by atoms with Crippen LogP contribution in [0, 0.1) is 0 Å². The topological polar surface area (TPSA) is 64.2 Å². The van der Waals surface area contributed by atoms with Gasteiger partial charge in [0.15, 0.2) is 0 Å². The highest BCUT2D eigenvalue weighted by molar-refractivity contribution is 5.81. The summed E-state index contributed by atoms with van der Waals surface area (Å²) < 4.78 is 27.6. The summed E-state index contributed by atoms with van der Waals surface area (Å²) in [4.78, 5) is 19.9. The van der Waals surface area contributed by atoms with Gasteiger partial charge in [0.2, 0.25) is 0 Å². The lowest BCUT2D eigenvalue weighted by Crippen LogP contribution is -2.56. The van der Waals surface area contributed by atoms with Crippen molar-refractivity contribution in [3.63, 3.8) is 0 Å². The molecule has 1 unspecified atom stereocenters. The molecule has 2 aromatic carbocycles. The molecule has 4 rings (SSSR count). The lowest BCUT2D eigenvalue weighted by Gasteiger charge is -2.38. The van der Waals surface area contributed by atoms with E-state index in [2.05, 4.69) is 0 Å². The number of halogens is 2. The van der Waals surface area contributed by atoms with Crippen LogP contribution in [0.5, 0.6) is 0 Å². The highest BCUT2D eigenvalue weighted by atomic mass is 19.3. The summed E-state index contributed by atoms with van der Waals surface area (Å²) >= 11 is 0. The van der Waals surface area contributed by atoms with Crippen LogP contribution in [0.25, 0.3) is 16.6 Å². The molecule has 1 fully saturated rings. The van der Waals surface area contributed by atoms with E-state index in [-0.39, 0.29) is 18.6 Å². The van der Waals surface area contributed by atoms with Gasteiger partial charge in [0.1, 0.15) is 5.82 Å². The molecule has 0 aliphatic carbocycles. The summed E-state index contributed by atoms with van der Waals surface area (Å²) in [6, 6.07) is 14.5. The molecular weight excluding hydrogens is 374 g/mol. The van der Waals surface area contributed by atoms with E-state index in [9.17, 15) is 13.6 Å². The zero-order valence-electron chi connectivity index (χ0n) is 16.3. The SMILES string of the molecule is CC(N)c1nc2cccc(CCCN3CC(F)(F)C3)c2c(=O)n1-c1ccccc1. The Kier molecular flexibility index (Phi) is 5.19. The number of fused-ring (bicyclic) bond motifs is 1. The monoisotopic (exact) mass is 398 g/mol. The first kappa shape index (κ1) is 19.7. The molecule has 0 spiro atoms. The van der Waals surface area contributed by atoms with Gasteiger partial charge in [0, 0.05) is 0 Å². The van der Waals surface area contributed by atoms with Crippen molar-refractivity contribution in [2.24, 2.45) is 5.73 Å². The molecule has 2 heterocycles. The highest BCUT2D eigenvalue weighted by Gasteiger charge is 2.43. The van der Waals surface area contributed by atoms with Crippen molar-refractivity contribution in [2.75, 3.05) is 19.6 Å². The average molecular weight is 398 g/mol. The minimum absolute atomic E-state index is 0.153. The standard InChI is InChI=1S/C22H24F2N4O/c1-15(25)20-26-18-11-5-7-16(8-6-12-27-13-22(23,24)14-27)19(18)21(29)28(20)17-9-3-2-4-10-17/h2-5,7,9-11,15H,6,8,12-14,25H2,1H3. The second kappa shape index (κ2) is 7.65. The lowest BCUT2D eigenvalue weighted by molar-refractivity contribution is -0.130. The molecule has 0 saturated carbocycles. The minimum atomic E-state index is -2.55. The second-order valence-electron chi connectivity index (χ2n) is 7.72. The van der Waals surface area contributed by atoms with Crippen LogP contribution in [-0.4, -0.2) is 40.0 Å². The Morgan fingerprint density at radius 3 is 2.52 bits per heavy atom. The van der Waals surface area contributed by atoms with Crippen molar-refractivity contribution in [3.8, 4) is 5.69 Å². The summed E-state index contributed by atoms with van der Waals surface area (Å²) in [5.74, 6) is -2.05. The Labute approximate surface area is 167 Å². The number of hydrogen-bond acceptors (Lipinski definition) is 4. The van der Waals surface area contributed by atoms with E-state index in [1.54, 1.807) is 16.4 Å². The van der Waals surface area contributed by atoms with E-state index in [0.29, 0.717) is 36.1 Å². The summed E-state index contributed by atoms with van der Waals surface area (Å²) in [6.07, 6.45) is 1.33. The van der Waals surface area contributed by atoms with Crippen LogP contribution >= 0.6 is 0 Å². The first-order valence-corrected chi connectivity index (χ1v) is 9.81. The summed E-state index contributed by atoms with van der Waals surface area (Å²) in [6.45, 7) is 2.04. The molecule has 1 aromatic heterocycles. The first-order valence-electron chi connectivity index (χ1n) is 9.81. The van der Waals surface area contributed by atoms with Gasteiger partial charge in [-0.15, -0.1) is 0 Å². The van der Waals surface area contributed by atoms with Crippen molar-refractivity contribution in [1.29, 1.82) is 0 Å². The van der Waals surface area contributed by atoms with Crippen LogP contribution in [0.1, 0.15) is 30.8 Å². The second-order valence-corrected chi connectivity index (χ2v) is 7.72. The molecule has 7 heteroatoms. The van der Waals surface area contributed by atoms with Gasteiger partial charge >= 0.3 is 0 Å². The van der Waals surface area contributed by atoms with Crippen molar-refractivity contribution < 1.29 is 8.78 Å². The number of rotatable bonds is 6.